The molecule has 0 aliphatic heterocycles. The highest BCUT2D eigenvalue weighted by molar-refractivity contribution is 6.32. The second-order valence-electron chi connectivity index (χ2n) is 3.25. The topological polar surface area (TPSA) is 35.5 Å². The van der Waals surface area contributed by atoms with Gasteiger partial charge < -0.3 is 9.47 Å². The lowest BCUT2D eigenvalue weighted by molar-refractivity contribution is 0.101. The van der Waals surface area contributed by atoms with E-state index in [2.05, 4.69) is 0 Å². The Hall–Kier alpha value is -1.06. The second kappa shape index (κ2) is 6.51. The van der Waals surface area contributed by atoms with Gasteiger partial charge in [-0.2, -0.15) is 0 Å². The number of hydrogen-bond acceptors (Lipinski definition) is 3. The van der Waals surface area contributed by atoms with Crippen molar-refractivity contribution in [3.05, 3.63) is 28.8 Å². The largest absolute Gasteiger partial charge is 0.490 e. The van der Waals surface area contributed by atoms with Crippen LogP contribution in [-0.4, -0.2) is 25.6 Å². The highest BCUT2D eigenvalue weighted by Crippen LogP contribution is 2.25. The molecule has 0 spiro atoms. The van der Waals surface area contributed by atoms with E-state index in [-0.39, 0.29) is 5.78 Å². The molecule has 0 N–H and O–H groups in total. The van der Waals surface area contributed by atoms with E-state index in [1.54, 1.807) is 18.2 Å². The van der Waals surface area contributed by atoms with E-state index < -0.39 is 0 Å². The van der Waals surface area contributed by atoms with Crippen LogP contribution in [0.4, 0.5) is 0 Å². The van der Waals surface area contributed by atoms with Crippen LogP contribution in [0, 0.1) is 0 Å². The Morgan fingerprint density at radius 2 is 2.12 bits per heavy atom. The van der Waals surface area contributed by atoms with Crippen molar-refractivity contribution in [3.63, 3.8) is 0 Å². The first-order valence-corrected chi connectivity index (χ1v) is 5.54. The van der Waals surface area contributed by atoms with Crippen molar-refractivity contribution in [3.8, 4) is 5.75 Å². The van der Waals surface area contributed by atoms with E-state index in [1.165, 1.54) is 6.92 Å². The molecule has 3 nitrogen and oxygen atoms in total. The van der Waals surface area contributed by atoms with Gasteiger partial charge in [0.05, 0.1) is 11.6 Å². The van der Waals surface area contributed by atoms with Crippen LogP contribution >= 0.6 is 11.6 Å². The van der Waals surface area contributed by atoms with Crippen molar-refractivity contribution >= 4 is 17.4 Å². The second-order valence-corrected chi connectivity index (χ2v) is 3.65. The lowest BCUT2D eigenvalue weighted by Gasteiger charge is -2.08. The average molecular weight is 243 g/mol. The minimum atomic E-state index is -0.0113. The summed E-state index contributed by atoms with van der Waals surface area (Å²) in [6.45, 7) is 5.07. The van der Waals surface area contributed by atoms with Crippen LogP contribution in [0.15, 0.2) is 18.2 Å². The minimum Gasteiger partial charge on any atom is -0.490 e. The third-order valence-electron chi connectivity index (χ3n) is 2.03. The Kier molecular flexibility index (Phi) is 5.29. The van der Waals surface area contributed by atoms with E-state index in [0.29, 0.717) is 36.2 Å². The number of carbonyl (C=O) groups excluding carboxylic acids is 1. The molecule has 1 aromatic rings. The van der Waals surface area contributed by atoms with Gasteiger partial charge in [-0.05, 0) is 32.0 Å². The monoisotopic (exact) mass is 242 g/mol. The van der Waals surface area contributed by atoms with Crippen LogP contribution in [0.3, 0.4) is 0 Å². The Labute approximate surface area is 100 Å². The third kappa shape index (κ3) is 3.83. The lowest BCUT2D eigenvalue weighted by Crippen LogP contribution is -2.06. The number of carbonyl (C=O) groups is 1. The maximum absolute atomic E-state index is 11.1. The average Bonchev–Trinajstić information content (AvgIpc) is 2.26. The molecule has 0 fully saturated rings. The molecule has 0 atom stereocenters. The standard InChI is InChI=1S/C12H15ClO3/c1-3-15-6-7-16-12-5-4-10(9(2)14)8-11(12)13/h4-5,8H,3,6-7H2,1-2H3. The zero-order valence-electron chi connectivity index (χ0n) is 9.46. The summed E-state index contributed by atoms with van der Waals surface area (Å²) < 4.78 is 10.5. The Bertz CT molecular complexity index is 363. The number of Topliss-reactive ketones (excluding diaryl/α,β-unsaturated/α-hetero) is 1. The van der Waals surface area contributed by atoms with Gasteiger partial charge >= 0.3 is 0 Å². The molecule has 0 radical (unpaired) electrons. The fourth-order valence-electron chi connectivity index (χ4n) is 1.19. The number of ether oxygens (including phenoxy) is 2. The molecular weight excluding hydrogens is 228 g/mol. The van der Waals surface area contributed by atoms with Crippen LogP contribution in [0.2, 0.25) is 5.02 Å². The SMILES string of the molecule is CCOCCOc1ccc(C(C)=O)cc1Cl. The van der Waals surface area contributed by atoms with Crippen molar-refractivity contribution in [2.75, 3.05) is 19.8 Å². The van der Waals surface area contributed by atoms with Gasteiger partial charge in [0.1, 0.15) is 12.4 Å². The highest BCUT2D eigenvalue weighted by atomic mass is 35.5. The summed E-state index contributed by atoms with van der Waals surface area (Å²) in [4.78, 5) is 11.1. The number of hydrogen-bond donors (Lipinski definition) is 0. The first-order valence-electron chi connectivity index (χ1n) is 5.16. The van der Waals surface area contributed by atoms with Gasteiger partial charge in [0.25, 0.3) is 0 Å². The maximum Gasteiger partial charge on any atom is 0.159 e. The number of benzene rings is 1. The molecule has 0 amide bonds. The first kappa shape index (κ1) is 13.0. The molecular formula is C12H15ClO3. The minimum absolute atomic E-state index is 0.0113. The van der Waals surface area contributed by atoms with Crippen LogP contribution in [0.25, 0.3) is 0 Å². The van der Waals surface area contributed by atoms with E-state index in [0.717, 1.165) is 0 Å². The van der Waals surface area contributed by atoms with Crippen LogP contribution in [0.5, 0.6) is 5.75 Å². The third-order valence-corrected chi connectivity index (χ3v) is 2.32. The molecule has 0 unspecified atom stereocenters. The molecule has 4 heteroatoms. The molecule has 0 saturated carbocycles. The zero-order chi connectivity index (χ0) is 12.0. The van der Waals surface area contributed by atoms with Crippen LogP contribution < -0.4 is 4.74 Å². The van der Waals surface area contributed by atoms with Crippen molar-refractivity contribution in [1.82, 2.24) is 0 Å². The fourth-order valence-corrected chi connectivity index (χ4v) is 1.43. The van der Waals surface area contributed by atoms with Gasteiger partial charge in [-0.3, -0.25) is 4.79 Å². The number of ketones is 1. The van der Waals surface area contributed by atoms with Gasteiger partial charge in [-0.15, -0.1) is 0 Å². The normalized spacial score (nSPS) is 10.2. The van der Waals surface area contributed by atoms with E-state index in [9.17, 15) is 4.79 Å². The molecule has 0 aromatic heterocycles. The lowest BCUT2D eigenvalue weighted by atomic mass is 10.1. The van der Waals surface area contributed by atoms with Gasteiger partial charge in [0.2, 0.25) is 0 Å². The summed E-state index contributed by atoms with van der Waals surface area (Å²) in [6, 6.07) is 5.01. The fraction of sp³-hybridized carbons (Fsp3) is 0.417. The van der Waals surface area contributed by atoms with Gasteiger partial charge in [-0.1, -0.05) is 11.6 Å². The summed E-state index contributed by atoms with van der Waals surface area (Å²) in [7, 11) is 0. The van der Waals surface area contributed by atoms with Crippen molar-refractivity contribution in [2.45, 2.75) is 13.8 Å². The van der Waals surface area contributed by atoms with E-state index in [1.807, 2.05) is 6.92 Å². The number of halogens is 1. The molecule has 16 heavy (non-hydrogen) atoms. The quantitative estimate of drug-likeness (QED) is 0.568. The smallest absolute Gasteiger partial charge is 0.159 e. The zero-order valence-corrected chi connectivity index (χ0v) is 10.2. The maximum atomic E-state index is 11.1. The van der Waals surface area contributed by atoms with Gasteiger partial charge in [0, 0.05) is 12.2 Å². The van der Waals surface area contributed by atoms with Crippen LogP contribution in [-0.2, 0) is 4.74 Å². The number of rotatable bonds is 6. The molecule has 0 aliphatic carbocycles. The predicted molar refractivity (Wildman–Crippen MR) is 63.4 cm³/mol. The summed E-state index contributed by atoms with van der Waals surface area (Å²) in [6.07, 6.45) is 0. The summed E-state index contributed by atoms with van der Waals surface area (Å²) in [5.74, 6) is 0.564. The Morgan fingerprint density at radius 3 is 2.69 bits per heavy atom. The van der Waals surface area contributed by atoms with E-state index >= 15 is 0 Å². The first-order chi connectivity index (χ1) is 7.65. The summed E-state index contributed by atoms with van der Waals surface area (Å²) in [5.41, 5.74) is 0.585. The Morgan fingerprint density at radius 1 is 1.38 bits per heavy atom. The van der Waals surface area contributed by atoms with E-state index in [4.69, 9.17) is 21.1 Å². The van der Waals surface area contributed by atoms with Gasteiger partial charge in [-0.25, -0.2) is 0 Å². The van der Waals surface area contributed by atoms with Crippen molar-refractivity contribution in [1.29, 1.82) is 0 Å². The summed E-state index contributed by atoms with van der Waals surface area (Å²) >= 11 is 5.97. The van der Waals surface area contributed by atoms with Crippen molar-refractivity contribution < 1.29 is 14.3 Å². The van der Waals surface area contributed by atoms with Gasteiger partial charge in [0.15, 0.2) is 5.78 Å². The highest BCUT2D eigenvalue weighted by Gasteiger charge is 2.05. The molecule has 0 saturated heterocycles. The molecule has 1 aromatic carbocycles. The molecule has 1 rings (SSSR count). The predicted octanol–water partition coefficient (Wildman–Crippen LogP) is 2.96. The molecule has 0 aliphatic rings. The van der Waals surface area contributed by atoms with Crippen LogP contribution in [0.1, 0.15) is 24.2 Å². The van der Waals surface area contributed by atoms with Crippen molar-refractivity contribution in [2.24, 2.45) is 0 Å². The molecule has 0 heterocycles. The molecule has 0 bridgehead atoms. The Balaban J connectivity index is 2.57. The molecule has 88 valence electrons. The summed E-state index contributed by atoms with van der Waals surface area (Å²) in [5, 5.41) is 0.448.